The quantitative estimate of drug-likeness (QED) is 0.682. The topological polar surface area (TPSA) is 78.0 Å². The number of thioether (sulfide) groups is 1. The second-order valence-corrected chi connectivity index (χ2v) is 7.64. The van der Waals surface area contributed by atoms with Gasteiger partial charge >= 0.3 is 0 Å². The van der Waals surface area contributed by atoms with Crippen molar-refractivity contribution >= 4 is 45.7 Å². The summed E-state index contributed by atoms with van der Waals surface area (Å²) >= 11 is 3.22. The summed E-state index contributed by atoms with van der Waals surface area (Å²) in [5.74, 6) is 1.76. The first kappa shape index (κ1) is 14.7. The standard InChI is InChI=1S/C16H15N3O2S2/c20-15(16(21)5-7-22-9-16)17-10-3-4-11-12(8-10)19-14(18-11)13-2-1-6-23-13/h1-4,6,8,21H,5,7,9H2,(H,17,20)(H,18,19). The number of H-pyrrole nitrogens is 1. The van der Waals surface area contributed by atoms with Crippen molar-refractivity contribution in [3.05, 3.63) is 35.7 Å². The van der Waals surface area contributed by atoms with Crippen molar-refractivity contribution in [2.45, 2.75) is 12.0 Å². The number of aromatic amines is 1. The Morgan fingerprint density at radius 3 is 3.04 bits per heavy atom. The van der Waals surface area contributed by atoms with Gasteiger partial charge in [-0.15, -0.1) is 11.3 Å². The van der Waals surface area contributed by atoms with Gasteiger partial charge in [0.25, 0.3) is 5.91 Å². The maximum atomic E-state index is 12.3. The van der Waals surface area contributed by atoms with Gasteiger partial charge in [0, 0.05) is 11.4 Å². The van der Waals surface area contributed by atoms with Crippen LogP contribution in [0.25, 0.3) is 21.7 Å². The van der Waals surface area contributed by atoms with Crippen molar-refractivity contribution in [3.63, 3.8) is 0 Å². The molecule has 0 spiro atoms. The number of carbonyl (C=O) groups is 1. The van der Waals surface area contributed by atoms with E-state index in [1.165, 1.54) is 0 Å². The van der Waals surface area contributed by atoms with Gasteiger partial charge in [0.05, 0.1) is 15.9 Å². The lowest BCUT2D eigenvalue weighted by atomic mass is 10.0. The predicted octanol–water partition coefficient (Wildman–Crippen LogP) is 3.10. The van der Waals surface area contributed by atoms with Crippen LogP contribution < -0.4 is 5.32 Å². The lowest BCUT2D eigenvalue weighted by molar-refractivity contribution is -0.131. The Kier molecular flexibility index (Phi) is 3.63. The third-order valence-corrected chi connectivity index (χ3v) is 5.97. The summed E-state index contributed by atoms with van der Waals surface area (Å²) in [6.07, 6.45) is 0.498. The van der Waals surface area contributed by atoms with Gasteiger partial charge in [0.15, 0.2) is 5.60 Å². The number of aliphatic hydroxyl groups is 1. The van der Waals surface area contributed by atoms with E-state index in [1.54, 1.807) is 23.1 Å². The zero-order chi connectivity index (χ0) is 15.9. The Labute approximate surface area is 141 Å². The predicted molar refractivity (Wildman–Crippen MR) is 94.9 cm³/mol. The molecule has 0 radical (unpaired) electrons. The molecule has 1 amide bonds. The number of carbonyl (C=O) groups excluding carboxylic acids is 1. The van der Waals surface area contributed by atoms with E-state index in [9.17, 15) is 9.90 Å². The molecule has 3 heterocycles. The summed E-state index contributed by atoms with van der Waals surface area (Å²) in [6, 6.07) is 9.52. The minimum atomic E-state index is -1.25. The number of anilines is 1. The maximum Gasteiger partial charge on any atom is 0.257 e. The van der Waals surface area contributed by atoms with Crippen LogP contribution in [0.3, 0.4) is 0 Å². The molecule has 23 heavy (non-hydrogen) atoms. The van der Waals surface area contributed by atoms with Crippen LogP contribution >= 0.6 is 23.1 Å². The zero-order valence-electron chi connectivity index (χ0n) is 12.2. The van der Waals surface area contributed by atoms with Crippen LogP contribution in [0, 0.1) is 0 Å². The van der Waals surface area contributed by atoms with E-state index < -0.39 is 5.60 Å². The average Bonchev–Trinajstić information content (AvgIpc) is 3.27. The first-order valence-electron chi connectivity index (χ1n) is 7.29. The van der Waals surface area contributed by atoms with Crippen LogP contribution in [0.2, 0.25) is 0 Å². The van der Waals surface area contributed by atoms with Gasteiger partial charge in [0.2, 0.25) is 0 Å². The molecule has 1 fully saturated rings. The van der Waals surface area contributed by atoms with Crippen LogP contribution in [-0.2, 0) is 4.79 Å². The zero-order valence-corrected chi connectivity index (χ0v) is 13.8. The van der Waals surface area contributed by atoms with Crippen molar-refractivity contribution in [3.8, 4) is 10.7 Å². The van der Waals surface area contributed by atoms with Gasteiger partial charge in [0.1, 0.15) is 5.82 Å². The van der Waals surface area contributed by atoms with E-state index in [1.807, 2.05) is 35.7 Å². The SMILES string of the molecule is O=C(Nc1ccc2nc(-c3cccs3)[nH]c2c1)C1(O)CCSC1. The molecular formula is C16H15N3O2S2. The molecule has 3 N–H and O–H groups in total. The normalized spacial score (nSPS) is 20.9. The van der Waals surface area contributed by atoms with Gasteiger partial charge in [-0.25, -0.2) is 4.98 Å². The Balaban J connectivity index is 1.60. The fraction of sp³-hybridized carbons (Fsp3) is 0.250. The molecule has 2 aromatic heterocycles. The van der Waals surface area contributed by atoms with Gasteiger partial charge in [-0.2, -0.15) is 11.8 Å². The summed E-state index contributed by atoms with van der Waals surface area (Å²) in [6.45, 7) is 0. The lowest BCUT2D eigenvalue weighted by Gasteiger charge is -2.20. The highest BCUT2D eigenvalue weighted by Crippen LogP contribution is 2.30. The molecule has 1 aliphatic rings. The summed E-state index contributed by atoms with van der Waals surface area (Å²) in [5, 5.41) is 15.1. The monoisotopic (exact) mass is 345 g/mol. The summed E-state index contributed by atoms with van der Waals surface area (Å²) < 4.78 is 0. The van der Waals surface area contributed by atoms with Crippen LogP contribution in [0.1, 0.15) is 6.42 Å². The van der Waals surface area contributed by atoms with E-state index in [-0.39, 0.29) is 5.91 Å². The van der Waals surface area contributed by atoms with E-state index in [4.69, 9.17) is 0 Å². The minimum absolute atomic E-state index is 0.333. The number of aromatic nitrogens is 2. The first-order chi connectivity index (χ1) is 11.1. The van der Waals surface area contributed by atoms with Crippen LogP contribution in [0.4, 0.5) is 5.69 Å². The van der Waals surface area contributed by atoms with Crippen LogP contribution in [0.15, 0.2) is 35.7 Å². The lowest BCUT2D eigenvalue weighted by Crippen LogP contribution is -2.42. The molecule has 1 unspecified atom stereocenters. The fourth-order valence-electron chi connectivity index (χ4n) is 2.60. The Bertz CT molecular complexity index is 851. The number of imidazole rings is 1. The number of nitrogens with zero attached hydrogens (tertiary/aromatic N) is 1. The number of thiophene rings is 1. The second-order valence-electron chi connectivity index (χ2n) is 5.58. The number of benzene rings is 1. The van der Waals surface area contributed by atoms with E-state index in [0.29, 0.717) is 17.9 Å². The van der Waals surface area contributed by atoms with Gasteiger partial charge in [-0.05, 0) is 41.8 Å². The molecule has 1 atom stereocenters. The third kappa shape index (κ3) is 2.75. The molecule has 3 aromatic rings. The molecule has 1 saturated heterocycles. The Morgan fingerprint density at radius 1 is 1.39 bits per heavy atom. The number of nitrogens with one attached hydrogen (secondary N) is 2. The largest absolute Gasteiger partial charge is 0.379 e. The maximum absolute atomic E-state index is 12.3. The van der Waals surface area contributed by atoms with E-state index in [0.717, 1.165) is 27.5 Å². The van der Waals surface area contributed by atoms with Crippen molar-refractivity contribution < 1.29 is 9.90 Å². The molecule has 0 saturated carbocycles. The summed E-state index contributed by atoms with van der Waals surface area (Å²) in [7, 11) is 0. The molecule has 5 nitrogen and oxygen atoms in total. The number of hydrogen-bond donors (Lipinski definition) is 3. The van der Waals surface area contributed by atoms with Crippen molar-refractivity contribution in [1.29, 1.82) is 0 Å². The van der Waals surface area contributed by atoms with Crippen molar-refractivity contribution in [1.82, 2.24) is 9.97 Å². The molecule has 0 bridgehead atoms. The summed E-state index contributed by atoms with van der Waals surface area (Å²) in [5.41, 5.74) is 1.12. The highest BCUT2D eigenvalue weighted by atomic mass is 32.2. The van der Waals surface area contributed by atoms with Crippen molar-refractivity contribution in [2.75, 3.05) is 16.8 Å². The molecule has 7 heteroatoms. The number of rotatable bonds is 3. The minimum Gasteiger partial charge on any atom is -0.379 e. The van der Waals surface area contributed by atoms with E-state index >= 15 is 0 Å². The second kappa shape index (κ2) is 5.67. The molecule has 0 aliphatic carbocycles. The molecule has 4 rings (SSSR count). The number of amides is 1. The molecule has 1 aromatic carbocycles. The van der Waals surface area contributed by atoms with Gasteiger partial charge in [-0.3, -0.25) is 4.79 Å². The first-order valence-corrected chi connectivity index (χ1v) is 9.33. The van der Waals surface area contributed by atoms with Gasteiger partial charge in [-0.1, -0.05) is 6.07 Å². The number of fused-ring (bicyclic) bond motifs is 1. The highest BCUT2D eigenvalue weighted by Gasteiger charge is 2.39. The molecular weight excluding hydrogens is 330 g/mol. The van der Waals surface area contributed by atoms with E-state index in [2.05, 4.69) is 15.3 Å². The Hall–Kier alpha value is -1.83. The Morgan fingerprint density at radius 2 is 2.30 bits per heavy atom. The fourth-order valence-corrected chi connectivity index (χ4v) is 4.51. The molecule has 1 aliphatic heterocycles. The number of hydrogen-bond acceptors (Lipinski definition) is 5. The highest BCUT2D eigenvalue weighted by molar-refractivity contribution is 7.99. The van der Waals surface area contributed by atoms with Crippen LogP contribution in [0.5, 0.6) is 0 Å². The van der Waals surface area contributed by atoms with Gasteiger partial charge < -0.3 is 15.4 Å². The third-order valence-electron chi connectivity index (χ3n) is 3.92. The van der Waals surface area contributed by atoms with Crippen molar-refractivity contribution in [2.24, 2.45) is 0 Å². The average molecular weight is 345 g/mol. The molecule has 118 valence electrons. The smallest absolute Gasteiger partial charge is 0.257 e. The summed E-state index contributed by atoms with van der Waals surface area (Å²) in [4.78, 5) is 21.2. The van der Waals surface area contributed by atoms with Crippen LogP contribution in [-0.4, -0.2) is 38.1 Å².